The average molecular weight is 192 g/mol. The van der Waals surface area contributed by atoms with Crippen LogP contribution in [0.25, 0.3) is 0 Å². The predicted octanol–water partition coefficient (Wildman–Crippen LogP) is 1.24. The van der Waals surface area contributed by atoms with Gasteiger partial charge < -0.3 is 10.8 Å². The highest BCUT2D eigenvalue weighted by atomic mass is 35.5. The summed E-state index contributed by atoms with van der Waals surface area (Å²) in [6, 6.07) is 6.06. The fraction of sp³-hybridized carbons (Fsp3) is 0.250. The molecule has 1 aromatic rings. The van der Waals surface area contributed by atoms with E-state index in [1.165, 1.54) is 12.1 Å². The van der Waals surface area contributed by atoms with Crippen molar-refractivity contribution in [3.63, 3.8) is 0 Å². The van der Waals surface area contributed by atoms with E-state index in [1.807, 2.05) is 0 Å². The van der Waals surface area contributed by atoms with Gasteiger partial charge in [-0.2, -0.15) is 0 Å². The topological polar surface area (TPSA) is 46.2 Å². The van der Waals surface area contributed by atoms with Crippen molar-refractivity contribution in [2.45, 2.75) is 6.10 Å². The van der Waals surface area contributed by atoms with Crippen LogP contribution < -0.4 is 5.73 Å². The maximum Gasteiger partial charge on any atom is 0.129 e. The molecule has 1 atom stereocenters. The lowest BCUT2D eigenvalue weighted by Crippen LogP contribution is -2.12. The Bertz CT molecular complexity index is 244. The van der Waals surface area contributed by atoms with E-state index in [0.717, 1.165) is 0 Å². The van der Waals surface area contributed by atoms with Crippen LogP contribution in [0, 0.1) is 5.82 Å². The number of halogens is 2. The SMILES string of the molecule is Cl.NCC(O)c1ccccc1F. The fourth-order valence-corrected chi connectivity index (χ4v) is 0.872. The van der Waals surface area contributed by atoms with Gasteiger partial charge in [0.1, 0.15) is 5.82 Å². The Morgan fingerprint density at radius 1 is 1.42 bits per heavy atom. The summed E-state index contributed by atoms with van der Waals surface area (Å²) in [4.78, 5) is 0. The first kappa shape index (κ1) is 11.4. The molecule has 0 amide bonds. The monoisotopic (exact) mass is 191 g/mol. The molecule has 0 heterocycles. The molecule has 0 saturated heterocycles. The summed E-state index contributed by atoms with van der Waals surface area (Å²) in [6.07, 6.45) is -0.892. The molecule has 0 bridgehead atoms. The van der Waals surface area contributed by atoms with Crippen LogP contribution in [0.5, 0.6) is 0 Å². The molecular formula is C8H11ClFNO. The van der Waals surface area contributed by atoms with Crippen LogP contribution in [0.1, 0.15) is 11.7 Å². The van der Waals surface area contributed by atoms with E-state index in [1.54, 1.807) is 12.1 Å². The van der Waals surface area contributed by atoms with E-state index in [0.29, 0.717) is 0 Å². The highest BCUT2D eigenvalue weighted by Crippen LogP contribution is 2.14. The molecule has 0 aliphatic carbocycles. The lowest BCUT2D eigenvalue weighted by atomic mass is 10.1. The average Bonchev–Trinajstić information content (AvgIpc) is 2.04. The van der Waals surface area contributed by atoms with E-state index in [4.69, 9.17) is 10.8 Å². The van der Waals surface area contributed by atoms with Gasteiger partial charge in [-0.25, -0.2) is 4.39 Å². The van der Waals surface area contributed by atoms with Gasteiger partial charge in [0, 0.05) is 12.1 Å². The molecule has 3 N–H and O–H groups in total. The molecule has 0 radical (unpaired) electrons. The molecule has 0 aliphatic rings. The molecular weight excluding hydrogens is 181 g/mol. The highest BCUT2D eigenvalue weighted by molar-refractivity contribution is 5.85. The molecule has 68 valence electrons. The third-order valence-electron chi connectivity index (χ3n) is 1.49. The zero-order valence-electron chi connectivity index (χ0n) is 6.40. The Balaban J connectivity index is 0.00000121. The number of aliphatic hydroxyl groups is 1. The quantitative estimate of drug-likeness (QED) is 0.739. The van der Waals surface area contributed by atoms with Gasteiger partial charge in [-0.15, -0.1) is 12.4 Å². The summed E-state index contributed by atoms with van der Waals surface area (Å²) < 4.78 is 12.8. The van der Waals surface area contributed by atoms with Crippen LogP contribution in [0.15, 0.2) is 24.3 Å². The number of aliphatic hydroxyl groups excluding tert-OH is 1. The van der Waals surface area contributed by atoms with E-state index in [-0.39, 0.29) is 24.5 Å². The molecule has 1 rings (SSSR count). The lowest BCUT2D eigenvalue weighted by Gasteiger charge is -2.07. The van der Waals surface area contributed by atoms with Gasteiger partial charge in [0.15, 0.2) is 0 Å². The van der Waals surface area contributed by atoms with Crippen molar-refractivity contribution < 1.29 is 9.50 Å². The second-order valence-electron chi connectivity index (χ2n) is 2.27. The van der Waals surface area contributed by atoms with Crippen molar-refractivity contribution in [2.75, 3.05) is 6.54 Å². The van der Waals surface area contributed by atoms with Gasteiger partial charge in [-0.3, -0.25) is 0 Å². The molecule has 2 nitrogen and oxygen atoms in total. The smallest absolute Gasteiger partial charge is 0.129 e. The zero-order chi connectivity index (χ0) is 8.27. The summed E-state index contributed by atoms with van der Waals surface area (Å²) in [5.74, 6) is -0.412. The molecule has 0 aliphatic heterocycles. The highest BCUT2D eigenvalue weighted by Gasteiger charge is 2.08. The Labute approximate surface area is 76.6 Å². The standard InChI is InChI=1S/C8H10FNO.ClH/c9-7-4-2-1-3-6(7)8(11)5-10;/h1-4,8,11H,5,10H2;1H. The minimum Gasteiger partial charge on any atom is -0.387 e. The Morgan fingerprint density at radius 2 is 2.00 bits per heavy atom. The van der Waals surface area contributed by atoms with E-state index < -0.39 is 11.9 Å². The summed E-state index contributed by atoms with van der Waals surface area (Å²) in [5.41, 5.74) is 5.42. The molecule has 0 saturated carbocycles. The molecule has 12 heavy (non-hydrogen) atoms. The number of nitrogens with two attached hydrogens (primary N) is 1. The number of hydrogen-bond donors (Lipinski definition) is 2. The molecule has 0 fully saturated rings. The summed E-state index contributed by atoms with van der Waals surface area (Å²) in [6.45, 7) is 0.0426. The van der Waals surface area contributed by atoms with Crippen LogP contribution in [0.2, 0.25) is 0 Å². The summed E-state index contributed by atoms with van der Waals surface area (Å²) in [5, 5.41) is 9.15. The lowest BCUT2D eigenvalue weighted by molar-refractivity contribution is 0.182. The van der Waals surface area contributed by atoms with Crippen LogP contribution >= 0.6 is 12.4 Å². The third-order valence-corrected chi connectivity index (χ3v) is 1.49. The maximum absolute atomic E-state index is 12.8. The predicted molar refractivity (Wildman–Crippen MR) is 47.7 cm³/mol. The number of rotatable bonds is 2. The first-order valence-corrected chi connectivity index (χ1v) is 3.38. The molecule has 0 spiro atoms. The first-order chi connectivity index (χ1) is 5.25. The Morgan fingerprint density at radius 3 is 2.50 bits per heavy atom. The minimum absolute atomic E-state index is 0. The summed E-state index contributed by atoms with van der Waals surface area (Å²) >= 11 is 0. The minimum atomic E-state index is -0.892. The third kappa shape index (κ3) is 2.44. The van der Waals surface area contributed by atoms with Crippen molar-refractivity contribution >= 4 is 12.4 Å². The van der Waals surface area contributed by atoms with Gasteiger partial charge in [-0.1, -0.05) is 18.2 Å². The first-order valence-electron chi connectivity index (χ1n) is 3.38. The fourth-order valence-electron chi connectivity index (χ4n) is 0.872. The van der Waals surface area contributed by atoms with Gasteiger partial charge in [-0.05, 0) is 6.07 Å². The van der Waals surface area contributed by atoms with E-state index in [9.17, 15) is 4.39 Å². The largest absolute Gasteiger partial charge is 0.387 e. The van der Waals surface area contributed by atoms with Crippen LogP contribution in [-0.4, -0.2) is 11.7 Å². The van der Waals surface area contributed by atoms with Crippen LogP contribution in [-0.2, 0) is 0 Å². The number of hydrogen-bond acceptors (Lipinski definition) is 2. The Kier molecular flexibility index (Phi) is 4.81. The maximum atomic E-state index is 12.8. The van der Waals surface area contributed by atoms with Crippen LogP contribution in [0.4, 0.5) is 4.39 Å². The van der Waals surface area contributed by atoms with E-state index in [2.05, 4.69) is 0 Å². The molecule has 1 unspecified atom stereocenters. The zero-order valence-corrected chi connectivity index (χ0v) is 7.22. The van der Waals surface area contributed by atoms with Crippen LogP contribution in [0.3, 0.4) is 0 Å². The second kappa shape index (κ2) is 5.09. The summed E-state index contributed by atoms with van der Waals surface area (Å²) in [7, 11) is 0. The molecule has 4 heteroatoms. The van der Waals surface area contributed by atoms with Crippen molar-refractivity contribution in [2.24, 2.45) is 5.73 Å². The van der Waals surface area contributed by atoms with Gasteiger partial charge in [0.2, 0.25) is 0 Å². The normalized spacial score (nSPS) is 11.9. The molecule has 0 aromatic heterocycles. The van der Waals surface area contributed by atoms with Crippen molar-refractivity contribution in [1.29, 1.82) is 0 Å². The van der Waals surface area contributed by atoms with E-state index >= 15 is 0 Å². The molecule has 1 aromatic carbocycles. The van der Waals surface area contributed by atoms with Gasteiger partial charge >= 0.3 is 0 Å². The van der Waals surface area contributed by atoms with Gasteiger partial charge in [0.05, 0.1) is 6.10 Å². The number of benzene rings is 1. The van der Waals surface area contributed by atoms with Gasteiger partial charge in [0.25, 0.3) is 0 Å². The Hall–Kier alpha value is -0.640. The van der Waals surface area contributed by atoms with Crippen molar-refractivity contribution in [1.82, 2.24) is 0 Å². The second-order valence-corrected chi connectivity index (χ2v) is 2.27. The van der Waals surface area contributed by atoms with Crippen molar-refractivity contribution in [3.05, 3.63) is 35.6 Å². The van der Waals surface area contributed by atoms with Crippen molar-refractivity contribution in [3.8, 4) is 0 Å².